The molecule has 42 heavy (non-hydrogen) atoms. The summed E-state index contributed by atoms with van der Waals surface area (Å²) in [5.41, 5.74) is 15.6. The smallest absolute Gasteiger partial charge is 0.252 e. The lowest BCUT2D eigenvalue weighted by molar-refractivity contribution is 0.0988. The number of aromatic nitrogens is 4. The molecule has 2 saturated carbocycles. The second kappa shape index (κ2) is 12.5. The lowest BCUT2D eigenvalue weighted by Gasteiger charge is -2.24. The van der Waals surface area contributed by atoms with Crippen LogP contribution in [0.4, 0.5) is 23.1 Å². The first-order valence-corrected chi connectivity index (χ1v) is 14.2. The maximum Gasteiger partial charge on any atom is 0.252 e. The quantitative estimate of drug-likeness (QED) is 0.274. The predicted molar refractivity (Wildman–Crippen MR) is 164 cm³/mol. The van der Waals surface area contributed by atoms with Crippen molar-refractivity contribution in [2.75, 3.05) is 16.0 Å². The van der Waals surface area contributed by atoms with E-state index in [1.165, 1.54) is 0 Å². The zero-order valence-corrected chi connectivity index (χ0v) is 24.3. The second-order valence-corrected chi connectivity index (χ2v) is 10.9. The number of nitrogens with one attached hydrogen (secondary N) is 1. The van der Waals surface area contributed by atoms with Crippen LogP contribution in [0.2, 0.25) is 5.15 Å². The van der Waals surface area contributed by atoms with Crippen LogP contribution < -0.4 is 21.7 Å². The molecule has 5 N–H and O–H groups in total. The van der Waals surface area contributed by atoms with Gasteiger partial charge in [0, 0.05) is 48.9 Å². The maximum atomic E-state index is 12.5. The number of nitrogen functional groups attached to an aromatic ring is 1. The minimum Gasteiger partial charge on any atom is -0.396 e. The predicted octanol–water partition coefficient (Wildman–Crippen LogP) is 5.20. The Hall–Kier alpha value is -4.57. The second-order valence-electron chi connectivity index (χ2n) is 10.5. The number of amides is 1. The molecule has 0 spiro atoms. The molecular formula is C31H33ClN8O2. The molecule has 4 aromatic rings. The number of hydrogen-bond acceptors (Lipinski definition) is 9. The van der Waals surface area contributed by atoms with Crippen LogP contribution in [0.15, 0.2) is 61.2 Å². The van der Waals surface area contributed by atoms with Gasteiger partial charge in [0.25, 0.3) is 5.91 Å². The highest BCUT2D eigenvalue weighted by Crippen LogP contribution is 2.42. The molecule has 2 aliphatic carbocycles. The van der Waals surface area contributed by atoms with Crippen LogP contribution >= 0.6 is 11.6 Å². The molecule has 0 atom stereocenters. The van der Waals surface area contributed by atoms with Gasteiger partial charge in [0.1, 0.15) is 17.5 Å². The number of nitrogens with two attached hydrogens (primary N) is 2. The fourth-order valence-corrected chi connectivity index (χ4v) is 4.72. The van der Waals surface area contributed by atoms with Crippen molar-refractivity contribution in [1.82, 2.24) is 19.9 Å². The molecule has 0 saturated heterocycles. The Bertz CT molecular complexity index is 1600. The average molecular weight is 585 g/mol. The van der Waals surface area contributed by atoms with E-state index in [9.17, 15) is 9.59 Å². The topological polar surface area (TPSA) is 153 Å². The first-order chi connectivity index (χ1) is 20.2. The summed E-state index contributed by atoms with van der Waals surface area (Å²) in [4.78, 5) is 42.5. The van der Waals surface area contributed by atoms with Gasteiger partial charge in [-0.3, -0.25) is 9.59 Å². The highest BCUT2D eigenvalue weighted by molar-refractivity contribution is 6.31. The van der Waals surface area contributed by atoms with Crippen molar-refractivity contribution < 1.29 is 9.59 Å². The van der Waals surface area contributed by atoms with E-state index in [0.29, 0.717) is 40.7 Å². The van der Waals surface area contributed by atoms with E-state index in [4.69, 9.17) is 23.1 Å². The monoisotopic (exact) mass is 584 g/mol. The van der Waals surface area contributed by atoms with E-state index in [1.807, 2.05) is 44.3 Å². The minimum atomic E-state index is -0.434. The Kier molecular flexibility index (Phi) is 8.63. The Morgan fingerprint density at radius 2 is 1.57 bits per heavy atom. The number of pyridine rings is 4. The van der Waals surface area contributed by atoms with Crippen molar-refractivity contribution in [1.29, 1.82) is 0 Å². The molecule has 10 nitrogen and oxygen atoms in total. The van der Waals surface area contributed by atoms with E-state index in [0.717, 1.165) is 59.6 Å². The van der Waals surface area contributed by atoms with Crippen LogP contribution in [0.25, 0.3) is 0 Å². The van der Waals surface area contributed by atoms with Crippen LogP contribution in [-0.2, 0) is 6.42 Å². The zero-order valence-electron chi connectivity index (χ0n) is 23.5. The largest absolute Gasteiger partial charge is 0.396 e. The summed E-state index contributed by atoms with van der Waals surface area (Å²) in [6, 6.07) is 11.8. The third kappa shape index (κ3) is 6.66. The summed E-state index contributed by atoms with van der Waals surface area (Å²) in [5, 5.41) is 3.54. The molecule has 2 fully saturated rings. The number of primary amides is 1. The summed E-state index contributed by atoms with van der Waals surface area (Å²) >= 11 is 5.58. The number of carbonyl (C=O) groups is 2. The zero-order chi connectivity index (χ0) is 29.8. The van der Waals surface area contributed by atoms with Crippen LogP contribution in [0, 0.1) is 13.8 Å². The highest BCUT2D eigenvalue weighted by atomic mass is 35.5. The number of Topliss-reactive ketones (excluding diaryl/α,β-unsaturated/α-hetero) is 1. The van der Waals surface area contributed by atoms with Crippen LogP contribution in [0.1, 0.15) is 63.1 Å². The molecular weight excluding hydrogens is 552 g/mol. The lowest BCUT2D eigenvalue weighted by atomic mass is 10.0. The van der Waals surface area contributed by atoms with E-state index >= 15 is 0 Å². The van der Waals surface area contributed by atoms with E-state index in [1.54, 1.807) is 30.7 Å². The Morgan fingerprint density at radius 3 is 2.24 bits per heavy atom. The molecule has 5 heterocycles. The molecule has 216 valence electrons. The van der Waals surface area contributed by atoms with Crippen molar-refractivity contribution in [2.24, 2.45) is 5.73 Å². The standard InChI is InChI=1S/C16H15N3O.C9H11N3O.C6H7ClN2/c1-10-6-8-18-16-13(10)9-14(20)12-3-2-7-17-15(12)19(16)11-4-5-11;10-8(13)7-2-1-5-11-9(7)12-6-3-4-6;1-4-2-3-9-6(7)5(4)8/h2-3,6-8,11H,4-5,9H2,1H3;1-2,5-6H,3-4H2,(H2,10,13)(H,11,12);2-3H,8H2,1H3. The molecule has 7 rings (SSSR count). The molecule has 3 aliphatic rings. The molecule has 0 radical (unpaired) electrons. The maximum absolute atomic E-state index is 12.5. The number of halogens is 1. The summed E-state index contributed by atoms with van der Waals surface area (Å²) in [7, 11) is 0. The molecule has 1 amide bonds. The minimum absolute atomic E-state index is 0.133. The number of anilines is 4. The van der Waals surface area contributed by atoms with E-state index < -0.39 is 5.91 Å². The summed E-state index contributed by atoms with van der Waals surface area (Å²) < 4.78 is 0. The van der Waals surface area contributed by atoms with Gasteiger partial charge in [-0.2, -0.15) is 0 Å². The van der Waals surface area contributed by atoms with Crippen molar-refractivity contribution in [3.8, 4) is 0 Å². The van der Waals surface area contributed by atoms with Crippen molar-refractivity contribution in [2.45, 2.75) is 58.0 Å². The number of ketones is 1. The highest BCUT2D eigenvalue weighted by Gasteiger charge is 2.37. The lowest BCUT2D eigenvalue weighted by Crippen LogP contribution is -2.23. The fraction of sp³-hybridized carbons (Fsp3) is 0.290. The number of aryl methyl sites for hydroxylation is 2. The van der Waals surface area contributed by atoms with Gasteiger partial charge in [0.15, 0.2) is 10.9 Å². The van der Waals surface area contributed by atoms with Gasteiger partial charge in [0.2, 0.25) is 0 Å². The van der Waals surface area contributed by atoms with Gasteiger partial charge in [-0.05, 0) is 87.1 Å². The number of carbonyl (C=O) groups excluding carboxylic acids is 2. The summed E-state index contributed by atoms with van der Waals surface area (Å²) in [5.74, 6) is 2.00. The molecule has 0 aromatic carbocycles. The average Bonchev–Trinajstić information content (AvgIpc) is 3.90. The third-order valence-electron chi connectivity index (χ3n) is 7.21. The van der Waals surface area contributed by atoms with Gasteiger partial charge < -0.3 is 21.7 Å². The van der Waals surface area contributed by atoms with Crippen molar-refractivity contribution >= 4 is 46.4 Å². The van der Waals surface area contributed by atoms with Gasteiger partial charge in [-0.25, -0.2) is 19.9 Å². The fourth-order valence-electron chi connectivity index (χ4n) is 4.52. The van der Waals surface area contributed by atoms with Crippen molar-refractivity contribution in [3.05, 3.63) is 94.2 Å². The number of rotatable bonds is 4. The van der Waals surface area contributed by atoms with E-state index in [-0.39, 0.29) is 5.78 Å². The van der Waals surface area contributed by atoms with Gasteiger partial charge in [-0.15, -0.1) is 0 Å². The molecule has 11 heteroatoms. The first-order valence-electron chi connectivity index (χ1n) is 13.8. The van der Waals surface area contributed by atoms with Crippen LogP contribution in [0.3, 0.4) is 0 Å². The van der Waals surface area contributed by atoms with Gasteiger partial charge >= 0.3 is 0 Å². The number of hydrogen-bond donors (Lipinski definition) is 3. The summed E-state index contributed by atoms with van der Waals surface area (Å²) in [6.07, 6.45) is 11.8. The van der Waals surface area contributed by atoms with Gasteiger partial charge in [-0.1, -0.05) is 11.6 Å². The Balaban J connectivity index is 0.000000138. The molecule has 1 aliphatic heterocycles. The molecule has 0 unspecified atom stereocenters. The summed E-state index contributed by atoms with van der Waals surface area (Å²) in [6.45, 7) is 3.94. The van der Waals surface area contributed by atoms with Gasteiger partial charge in [0.05, 0.1) is 16.8 Å². The van der Waals surface area contributed by atoms with Crippen LogP contribution in [0.5, 0.6) is 0 Å². The first kappa shape index (κ1) is 28.9. The molecule has 4 aromatic heterocycles. The normalized spacial score (nSPS) is 15.1. The third-order valence-corrected chi connectivity index (χ3v) is 7.51. The van der Waals surface area contributed by atoms with E-state index in [2.05, 4.69) is 30.2 Å². The molecule has 0 bridgehead atoms. The Morgan fingerprint density at radius 1 is 0.905 bits per heavy atom. The SMILES string of the molecule is Cc1ccnc(Cl)c1N.Cc1ccnc2c1CC(=O)c1cccnc1N2C1CC1.NC(=O)c1cccnc1NC1CC1. The number of fused-ring (bicyclic) bond motifs is 2. The van der Waals surface area contributed by atoms with Crippen LogP contribution in [-0.4, -0.2) is 43.7 Å². The number of nitrogens with zero attached hydrogens (tertiary/aromatic N) is 5. The van der Waals surface area contributed by atoms with Crippen molar-refractivity contribution in [3.63, 3.8) is 0 Å². The Labute approximate surface area is 249 Å².